The number of halogens is 1. The van der Waals surface area contributed by atoms with E-state index in [9.17, 15) is 0 Å². The molecule has 0 aliphatic rings. The molecule has 0 saturated carbocycles. The lowest BCUT2D eigenvalue weighted by Crippen LogP contribution is -2.04. The second-order valence-electron chi connectivity index (χ2n) is 4.65. The van der Waals surface area contributed by atoms with Crippen molar-refractivity contribution in [2.24, 2.45) is 5.10 Å². The van der Waals surface area contributed by atoms with E-state index in [0.717, 1.165) is 5.56 Å². The fourth-order valence-electron chi connectivity index (χ4n) is 1.88. The third-order valence-electron chi connectivity index (χ3n) is 3.02. The van der Waals surface area contributed by atoms with Crippen molar-refractivity contribution in [1.82, 2.24) is 14.9 Å². The van der Waals surface area contributed by atoms with Crippen molar-refractivity contribution < 1.29 is 4.74 Å². The molecule has 2 aromatic carbocycles. The van der Waals surface area contributed by atoms with Crippen molar-refractivity contribution in [2.45, 2.75) is 6.61 Å². The summed E-state index contributed by atoms with van der Waals surface area (Å²) in [5, 5.41) is 11.9. The van der Waals surface area contributed by atoms with Crippen molar-refractivity contribution in [3.05, 3.63) is 75.8 Å². The zero-order valence-electron chi connectivity index (χ0n) is 12.0. The average Bonchev–Trinajstić information content (AvgIpc) is 2.93. The first-order valence-electron chi connectivity index (χ1n) is 6.86. The fraction of sp³-hybridized carbons (Fsp3) is 0.0625. The SMILES string of the molecule is S=c1[nH]nc(COc2ccc(Cl)cc2)n1/N=C\c1ccccc1. The van der Waals surface area contributed by atoms with Gasteiger partial charge >= 0.3 is 0 Å². The maximum atomic E-state index is 5.85. The van der Waals surface area contributed by atoms with Gasteiger partial charge in [-0.05, 0) is 42.0 Å². The fourth-order valence-corrected chi connectivity index (χ4v) is 2.20. The van der Waals surface area contributed by atoms with Crippen LogP contribution in [0.1, 0.15) is 11.4 Å². The molecule has 0 unspecified atom stereocenters. The van der Waals surface area contributed by atoms with Gasteiger partial charge in [0.1, 0.15) is 12.4 Å². The molecule has 0 aliphatic heterocycles. The minimum atomic E-state index is 0.237. The molecule has 5 nitrogen and oxygen atoms in total. The standard InChI is InChI=1S/C16H13ClN4OS/c17-13-6-8-14(9-7-13)22-11-15-19-20-16(23)21(15)18-10-12-4-2-1-3-5-12/h1-10H,11H2,(H,20,23)/b18-10-. The van der Waals surface area contributed by atoms with E-state index in [1.54, 1.807) is 30.5 Å². The van der Waals surface area contributed by atoms with Crippen LogP contribution < -0.4 is 4.74 Å². The van der Waals surface area contributed by atoms with E-state index in [2.05, 4.69) is 15.3 Å². The van der Waals surface area contributed by atoms with Crippen molar-refractivity contribution in [3.63, 3.8) is 0 Å². The highest BCUT2D eigenvalue weighted by atomic mass is 35.5. The smallest absolute Gasteiger partial charge is 0.216 e. The Hall–Kier alpha value is -2.44. The zero-order chi connectivity index (χ0) is 16.1. The van der Waals surface area contributed by atoms with Gasteiger partial charge < -0.3 is 4.74 Å². The molecule has 7 heteroatoms. The van der Waals surface area contributed by atoms with Crippen LogP contribution in [-0.2, 0) is 6.61 Å². The highest BCUT2D eigenvalue weighted by Crippen LogP contribution is 2.16. The number of hydrogen-bond donors (Lipinski definition) is 1. The van der Waals surface area contributed by atoms with E-state index >= 15 is 0 Å². The van der Waals surface area contributed by atoms with Crippen LogP contribution >= 0.6 is 23.8 Å². The molecule has 0 aliphatic carbocycles. The monoisotopic (exact) mass is 344 g/mol. The van der Waals surface area contributed by atoms with Crippen molar-refractivity contribution in [1.29, 1.82) is 0 Å². The first kappa shape index (κ1) is 15.5. The van der Waals surface area contributed by atoms with Crippen LogP contribution in [0.25, 0.3) is 0 Å². The van der Waals surface area contributed by atoms with Gasteiger partial charge in [-0.3, -0.25) is 0 Å². The van der Waals surface area contributed by atoms with Crippen molar-refractivity contribution in [2.75, 3.05) is 0 Å². The first-order chi connectivity index (χ1) is 11.2. The van der Waals surface area contributed by atoms with Gasteiger partial charge in [-0.25, -0.2) is 5.10 Å². The number of hydrogen-bond acceptors (Lipinski definition) is 4. The summed E-state index contributed by atoms with van der Waals surface area (Å²) in [5.41, 5.74) is 0.972. The first-order valence-corrected chi connectivity index (χ1v) is 7.65. The molecular weight excluding hydrogens is 332 g/mol. The van der Waals surface area contributed by atoms with Crippen molar-refractivity contribution in [3.8, 4) is 5.75 Å². The summed E-state index contributed by atoms with van der Waals surface area (Å²) in [7, 11) is 0. The van der Waals surface area contributed by atoms with Gasteiger partial charge in [-0.15, -0.1) is 0 Å². The van der Waals surface area contributed by atoms with Gasteiger partial charge in [0, 0.05) is 5.02 Å². The summed E-state index contributed by atoms with van der Waals surface area (Å²) in [6, 6.07) is 16.9. The molecule has 1 heterocycles. The molecule has 0 radical (unpaired) electrons. The summed E-state index contributed by atoms with van der Waals surface area (Å²) >= 11 is 11.0. The molecule has 0 bridgehead atoms. The van der Waals surface area contributed by atoms with Crippen LogP contribution in [0.5, 0.6) is 5.75 Å². The van der Waals surface area contributed by atoms with Crippen LogP contribution in [0.15, 0.2) is 59.7 Å². The highest BCUT2D eigenvalue weighted by molar-refractivity contribution is 7.71. The number of rotatable bonds is 5. The average molecular weight is 345 g/mol. The highest BCUT2D eigenvalue weighted by Gasteiger charge is 2.06. The molecule has 0 spiro atoms. The second-order valence-corrected chi connectivity index (χ2v) is 5.48. The van der Waals surface area contributed by atoms with Crippen LogP contribution in [-0.4, -0.2) is 21.1 Å². The molecule has 116 valence electrons. The number of H-pyrrole nitrogens is 1. The molecule has 0 amide bonds. The third-order valence-corrected chi connectivity index (χ3v) is 3.54. The lowest BCUT2D eigenvalue weighted by Gasteiger charge is -2.05. The summed E-state index contributed by atoms with van der Waals surface area (Å²) in [6.07, 6.45) is 1.72. The van der Waals surface area contributed by atoms with Crippen LogP contribution in [0.2, 0.25) is 5.02 Å². The number of benzene rings is 2. The normalized spacial score (nSPS) is 11.0. The Labute approximate surface area is 143 Å². The summed E-state index contributed by atoms with van der Waals surface area (Å²) in [6.45, 7) is 0.237. The van der Waals surface area contributed by atoms with Gasteiger partial charge in [0.25, 0.3) is 0 Å². The van der Waals surface area contributed by atoms with E-state index in [4.69, 9.17) is 28.6 Å². The van der Waals surface area contributed by atoms with Crippen LogP contribution in [0.4, 0.5) is 0 Å². The molecule has 0 fully saturated rings. The van der Waals surface area contributed by atoms with E-state index < -0.39 is 0 Å². The van der Waals surface area contributed by atoms with Gasteiger partial charge in [-0.1, -0.05) is 41.9 Å². The Morgan fingerprint density at radius 1 is 1.17 bits per heavy atom. The van der Waals surface area contributed by atoms with E-state index in [1.165, 1.54) is 4.68 Å². The molecular formula is C16H13ClN4OS. The van der Waals surface area contributed by atoms with Gasteiger partial charge in [0.15, 0.2) is 5.82 Å². The number of aromatic amines is 1. The summed E-state index contributed by atoms with van der Waals surface area (Å²) in [4.78, 5) is 0. The molecule has 3 rings (SSSR count). The minimum absolute atomic E-state index is 0.237. The topological polar surface area (TPSA) is 55.2 Å². The lowest BCUT2D eigenvalue weighted by molar-refractivity contribution is 0.290. The quantitative estimate of drug-likeness (QED) is 0.561. The lowest BCUT2D eigenvalue weighted by atomic mass is 10.2. The maximum Gasteiger partial charge on any atom is 0.216 e. The van der Waals surface area contributed by atoms with Crippen LogP contribution in [0.3, 0.4) is 0 Å². The number of aromatic nitrogens is 3. The van der Waals surface area contributed by atoms with Gasteiger partial charge in [0.2, 0.25) is 4.77 Å². The van der Waals surface area contributed by atoms with Gasteiger partial charge in [-0.2, -0.15) is 14.9 Å². The van der Waals surface area contributed by atoms with Gasteiger partial charge in [0.05, 0.1) is 6.21 Å². The Morgan fingerprint density at radius 2 is 1.91 bits per heavy atom. The second kappa shape index (κ2) is 7.21. The number of ether oxygens (including phenoxy) is 1. The van der Waals surface area contributed by atoms with E-state index in [-0.39, 0.29) is 6.61 Å². The molecule has 1 N–H and O–H groups in total. The zero-order valence-corrected chi connectivity index (χ0v) is 13.6. The molecule has 3 aromatic rings. The summed E-state index contributed by atoms with van der Waals surface area (Å²) in [5.74, 6) is 1.28. The molecule has 0 saturated heterocycles. The van der Waals surface area contributed by atoms with Crippen LogP contribution in [0, 0.1) is 4.77 Å². The molecule has 23 heavy (non-hydrogen) atoms. The maximum absolute atomic E-state index is 5.85. The number of nitrogens with one attached hydrogen (secondary N) is 1. The Bertz CT molecular complexity index is 856. The largest absolute Gasteiger partial charge is 0.486 e. The Kier molecular flexibility index (Phi) is 4.85. The summed E-state index contributed by atoms with van der Waals surface area (Å²) < 4.78 is 7.62. The predicted octanol–water partition coefficient (Wildman–Crippen LogP) is 4.06. The molecule has 0 atom stereocenters. The van der Waals surface area contributed by atoms with E-state index in [0.29, 0.717) is 21.4 Å². The minimum Gasteiger partial charge on any atom is -0.486 e. The third kappa shape index (κ3) is 4.06. The molecule has 1 aromatic heterocycles. The Balaban J connectivity index is 1.75. The predicted molar refractivity (Wildman–Crippen MR) is 92.6 cm³/mol. The van der Waals surface area contributed by atoms with E-state index in [1.807, 2.05) is 30.3 Å². The number of nitrogens with zero attached hydrogens (tertiary/aromatic N) is 3. The van der Waals surface area contributed by atoms with Crippen molar-refractivity contribution >= 4 is 30.0 Å². The Morgan fingerprint density at radius 3 is 2.65 bits per heavy atom.